The van der Waals surface area contributed by atoms with Crippen LogP contribution >= 0.6 is 24.8 Å². The fourth-order valence-electron chi connectivity index (χ4n) is 3.36. The van der Waals surface area contributed by atoms with Gasteiger partial charge in [-0.05, 0) is 26.7 Å². The predicted molar refractivity (Wildman–Crippen MR) is 112 cm³/mol. The highest BCUT2D eigenvalue weighted by Crippen LogP contribution is 2.34. The summed E-state index contributed by atoms with van der Waals surface area (Å²) in [5, 5.41) is 4.12. The second-order valence-corrected chi connectivity index (χ2v) is 7.48. The van der Waals surface area contributed by atoms with Gasteiger partial charge in [-0.2, -0.15) is 4.98 Å². The summed E-state index contributed by atoms with van der Waals surface area (Å²) in [6, 6.07) is 8.09. The van der Waals surface area contributed by atoms with Crippen molar-refractivity contribution in [1.82, 2.24) is 19.9 Å². The first-order chi connectivity index (χ1) is 12.5. The molecule has 1 saturated carbocycles. The molecule has 0 bridgehead atoms. The lowest BCUT2D eigenvalue weighted by Crippen LogP contribution is -2.54. The summed E-state index contributed by atoms with van der Waals surface area (Å²) in [6.07, 6.45) is 1.62. The molecule has 1 amide bonds. The number of amides is 1. The average molecular weight is 428 g/mol. The Bertz CT molecular complexity index is 799. The molecule has 0 spiro atoms. The van der Waals surface area contributed by atoms with E-state index in [0.29, 0.717) is 24.8 Å². The quantitative estimate of drug-likeness (QED) is 0.806. The summed E-state index contributed by atoms with van der Waals surface area (Å²) in [5.41, 5.74) is 7.60. The van der Waals surface area contributed by atoms with E-state index in [9.17, 15) is 4.79 Å². The standard InChI is InChI=1S/C19H25N5O2.2ClH/c1-13-3-5-15(6-4-13)16-21-17(26-22-16)14(2)23-9-11-24(12-10-23)18(25)19(20)7-8-19;;/h3-6,14H,7-12,20H2,1-2H3;2*1H. The zero-order valence-corrected chi connectivity index (χ0v) is 17.8. The molecular weight excluding hydrogens is 401 g/mol. The van der Waals surface area contributed by atoms with Crippen LogP contribution < -0.4 is 5.73 Å². The van der Waals surface area contributed by atoms with Crippen LogP contribution in [0.2, 0.25) is 0 Å². The highest BCUT2D eigenvalue weighted by atomic mass is 35.5. The first-order valence-electron chi connectivity index (χ1n) is 9.19. The number of benzene rings is 1. The number of hydrogen-bond acceptors (Lipinski definition) is 6. The SMILES string of the molecule is Cc1ccc(-c2noc(C(C)N3CCN(C(=O)C4(N)CC4)CC3)n2)cc1.Cl.Cl. The number of piperazine rings is 1. The normalized spacial score (nSPS) is 19.3. The van der Waals surface area contributed by atoms with Crippen molar-refractivity contribution in [2.24, 2.45) is 5.73 Å². The fourth-order valence-corrected chi connectivity index (χ4v) is 3.36. The van der Waals surface area contributed by atoms with Crippen LogP contribution in [0.5, 0.6) is 0 Å². The highest BCUT2D eigenvalue weighted by molar-refractivity contribution is 5.89. The molecule has 2 N–H and O–H groups in total. The van der Waals surface area contributed by atoms with E-state index >= 15 is 0 Å². The molecule has 2 fully saturated rings. The number of aryl methyl sites for hydroxylation is 1. The van der Waals surface area contributed by atoms with Crippen molar-refractivity contribution < 1.29 is 9.32 Å². The monoisotopic (exact) mass is 427 g/mol. The molecule has 1 aliphatic carbocycles. The molecule has 1 aromatic heterocycles. The van der Waals surface area contributed by atoms with Gasteiger partial charge in [0, 0.05) is 31.7 Å². The van der Waals surface area contributed by atoms with Gasteiger partial charge in [-0.15, -0.1) is 24.8 Å². The van der Waals surface area contributed by atoms with Crippen LogP contribution in [0.15, 0.2) is 28.8 Å². The Morgan fingerprint density at radius 2 is 1.75 bits per heavy atom. The van der Waals surface area contributed by atoms with E-state index in [2.05, 4.69) is 22.0 Å². The molecular formula is C19H27Cl2N5O2. The van der Waals surface area contributed by atoms with Crippen LogP contribution in [-0.2, 0) is 4.79 Å². The second-order valence-electron chi connectivity index (χ2n) is 7.48. The number of carbonyl (C=O) groups is 1. The fraction of sp³-hybridized carbons (Fsp3) is 0.526. The molecule has 7 nitrogen and oxygen atoms in total. The Morgan fingerprint density at radius 3 is 2.32 bits per heavy atom. The van der Waals surface area contributed by atoms with Crippen molar-refractivity contribution in [3.63, 3.8) is 0 Å². The number of halogens is 2. The van der Waals surface area contributed by atoms with Gasteiger partial charge in [0.25, 0.3) is 0 Å². The van der Waals surface area contributed by atoms with Gasteiger partial charge in [0.1, 0.15) is 0 Å². The minimum atomic E-state index is -0.580. The maximum absolute atomic E-state index is 12.4. The number of aromatic nitrogens is 2. The Balaban J connectivity index is 0.00000140. The molecule has 2 aliphatic rings. The van der Waals surface area contributed by atoms with Crippen molar-refractivity contribution in [2.45, 2.75) is 38.3 Å². The number of rotatable bonds is 4. The zero-order chi connectivity index (χ0) is 18.3. The molecule has 2 aromatic rings. The van der Waals surface area contributed by atoms with Crippen LogP contribution in [-0.4, -0.2) is 57.6 Å². The first kappa shape index (κ1) is 22.6. The highest BCUT2D eigenvalue weighted by Gasteiger charge is 2.48. The summed E-state index contributed by atoms with van der Waals surface area (Å²) in [4.78, 5) is 21.1. The van der Waals surface area contributed by atoms with E-state index in [1.807, 2.05) is 36.1 Å². The van der Waals surface area contributed by atoms with Gasteiger partial charge in [-0.3, -0.25) is 9.69 Å². The minimum Gasteiger partial charge on any atom is -0.339 e. The molecule has 1 saturated heterocycles. The Morgan fingerprint density at radius 1 is 1.14 bits per heavy atom. The summed E-state index contributed by atoms with van der Waals surface area (Å²) in [7, 11) is 0. The van der Waals surface area contributed by atoms with Crippen LogP contribution in [0.1, 0.15) is 37.3 Å². The smallest absolute Gasteiger partial charge is 0.244 e. The van der Waals surface area contributed by atoms with Crippen LogP contribution in [0.25, 0.3) is 11.4 Å². The lowest BCUT2D eigenvalue weighted by atomic mass is 10.1. The molecule has 1 aliphatic heterocycles. The summed E-state index contributed by atoms with van der Waals surface area (Å²) < 4.78 is 5.50. The Kier molecular flexibility index (Phi) is 7.09. The molecule has 0 radical (unpaired) electrons. The van der Waals surface area contributed by atoms with Gasteiger partial charge in [0.05, 0.1) is 11.6 Å². The summed E-state index contributed by atoms with van der Waals surface area (Å²) in [6.45, 7) is 7.07. The van der Waals surface area contributed by atoms with E-state index in [4.69, 9.17) is 10.3 Å². The summed E-state index contributed by atoms with van der Waals surface area (Å²) in [5.74, 6) is 1.32. The average Bonchev–Trinajstić information content (AvgIpc) is 3.22. The van der Waals surface area contributed by atoms with Gasteiger partial charge < -0.3 is 15.2 Å². The van der Waals surface area contributed by atoms with E-state index in [0.717, 1.165) is 31.5 Å². The topological polar surface area (TPSA) is 88.5 Å². The Hall–Kier alpha value is -1.67. The van der Waals surface area contributed by atoms with Gasteiger partial charge in [-0.1, -0.05) is 35.0 Å². The zero-order valence-electron chi connectivity index (χ0n) is 16.1. The first-order valence-corrected chi connectivity index (χ1v) is 9.19. The molecule has 9 heteroatoms. The second kappa shape index (κ2) is 8.78. The van der Waals surface area contributed by atoms with Gasteiger partial charge in [-0.25, -0.2) is 0 Å². The molecule has 154 valence electrons. The van der Waals surface area contributed by atoms with Gasteiger partial charge >= 0.3 is 0 Å². The molecule has 1 aromatic carbocycles. The third-order valence-corrected chi connectivity index (χ3v) is 5.47. The predicted octanol–water partition coefficient (Wildman–Crippen LogP) is 2.59. The van der Waals surface area contributed by atoms with Gasteiger partial charge in [0.2, 0.25) is 17.6 Å². The van der Waals surface area contributed by atoms with E-state index in [-0.39, 0.29) is 36.8 Å². The number of nitrogens with zero attached hydrogens (tertiary/aromatic N) is 4. The molecule has 1 unspecified atom stereocenters. The van der Waals surface area contributed by atoms with Crippen LogP contribution in [0.4, 0.5) is 0 Å². The maximum atomic E-state index is 12.4. The van der Waals surface area contributed by atoms with Crippen molar-refractivity contribution >= 4 is 30.7 Å². The van der Waals surface area contributed by atoms with Gasteiger partial charge in [0.15, 0.2) is 0 Å². The maximum Gasteiger partial charge on any atom is 0.244 e. The van der Waals surface area contributed by atoms with Crippen LogP contribution in [0, 0.1) is 6.92 Å². The lowest BCUT2D eigenvalue weighted by molar-refractivity contribution is -0.135. The molecule has 1 atom stereocenters. The Labute approximate surface area is 177 Å². The van der Waals surface area contributed by atoms with E-state index in [1.54, 1.807) is 0 Å². The number of nitrogens with two attached hydrogens (primary N) is 1. The lowest BCUT2D eigenvalue weighted by Gasteiger charge is -2.37. The molecule has 4 rings (SSSR count). The third-order valence-electron chi connectivity index (χ3n) is 5.47. The van der Waals surface area contributed by atoms with Crippen molar-refractivity contribution in [2.75, 3.05) is 26.2 Å². The summed E-state index contributed by atoms with van der Waals surface area (Å²) >= 11 is 0. The number of hydrogen-bond donors (Lipinski definition) is 1. The number of carbonyl (C=O) groups excluding carboxylic acids is 1. The minimum absolute atomic E-state index is 0. The molecule has 2 heterocycles. The van der Waals surface area contributed by atoms with E-state index < -0.39 is 5.54 Å². The van der Waals surface area contributed by atoms with Crippen molar-refractivity contribution in [3.05, 3.63) is 35.7 Å². The molecule has 28 heavy (non-hydrogen) atoms. The van der Waals surface area contributed by atoms with Crippen molar-refractivity contribution in [1.29, 1.82) is 0 Å². The third kappa shape index (κ3) is 4.49. The van der Waals surface area contributed by atoms with Crippen LogP contribution in [0.3, 0.4) is 0 Å². The van der Waals surface area contributed by atoms with E-state index in [1.165, 1.54) is 5.56 Å². The van der Waals surface area contributed by atoms with Crippen molar-refractivity contribution in [3.8, 4) is 11.4 Å². The largest absolute Gasteiger partial charge is 0.339 e.